The van der Waals surface area contributed by atoms with Crippen LogP contribution in [0.15, 0.2) is 27.1 Å². The minimum atomic E-state index is -0.338. The lowest BCUT2D eigenvalue weighted by atomic mass is 10.2. The van der Waals surface area contributed by atoms with Gasteiger partial charge in [0.15, 0.2) is 0 Å². The van der Waals surface area contributed by atoms with Gasteiger partial charge in [0.25, 0.3) is 0 Å². The van der Waals surface area contributed by atoms with Crippen LogP contribution in [-0.4, -0.2) is 16.7 Å². The third-order valence-corrected chi connectivity index (χ3v) is 3.36. The molecule has 0 radical (unpaired) electrons. The van der Waals surface area contributed by atoms with Crippen molar-refractivity contribution in [1.29, 1.82) is 0 Å². The van der Waals surface area contributed by atoms with E-state index in [0.717, 1.165) is 17.4 Å². The van der Waals surface area contributed by atoms with Crippen LogP contribution in [0.4, 0.5) is 4.39 Å². The van der Waals surface area contributed by atoms with E-state index >= 15 is 0 Å². The van der Waals surface area contributed by atoms with Crippen LogP contribution in [0.25, 0.3) is 11.5 Å². The number of nitrogens with one attached hydrogen (secondary N) is 1. The minimum absolute atomic E-state index is 0.0199. The van der Waals surface area contributed by atoms with Crippen molar-refractivity contribution in [2.24, 2.45) is 0 Å². The third-order valence-electron chi connectivity index (χ3n) is 2.67. The molecule has 1 N–H and O–H groups in total. The Morgan fingerprint density at radius 1 is 1.42 bits per heavy atom. The Hall–Kier alpha value is -1.27. The van der Waals surface area contributed by atoms with Gasteiger partial charge < -0.3 is 9.73 Å². The first-order valence-electron chi connectivity index (χ1n) is 6.14. The van der Waals surface area contributed by atoms with Gasteiger partial charge in [-0.1, -0.05) is 6.92 Å². The molecule has 0 spiro atoms. The fourth-order valence-electron chi connectivity index (χ4n) is 1.63. The predicted octanol–water partition coefficient (Wildman–Crippen LogP) is 3.70. The summed E-state index contributed by atoms with van der Waals surface area (Å²) in [5, 5.41) is 11.2. The zero-order valence-corrected chi connectivity index (χ0v) is 12.4. The van der Waals surface area contributed by atoms with E-state index in [-0.39, 0.29) is 11.9 Å². The van der Waals surface area contributed by atoms with E-state index in [9.17, 15) is 4.39 Å². The van der Waals surface area contributed by atoms with Crippen LogP contribution < -0.4 is 5.32 Å². The Balaban J connectivity index is 2.23. The average Bonchev–Trinajstić information content (AvgIpc) is 2.88. The molecule has 1 aromatic carbocycles. The summed E-state index contributed by atoms with van der Waals surface area (Å²) in [6.45, 7) is 4.92. The van der Waals surface area contributed by atoms with Crippen LogP contribution in [-0.2, 0) is 0 Å². The molecule has 1 aromatic heterocycles. The number of nitrogens with zero attached hydrogens (tertiary/aromatic N) is 2. The summed E-state index contributed by atoms with van der Waals surface area (Å²) >= 11 is 3.35. The first-order valence-corrected chi connectivity index (χ1v) is 6.93. The highest BCUT2D eigenvalue weighted by molar-refractivity contribution is 9.10. The van der Waals surface area contributed by atoms with Gasteiger partial charge in [-0.2, -0.15) is 0 Å². The third kappa shape index (κ3) is 3.39. The molecule has 0 saturated carbocycles. The standard InChI is InChI=1S/C13H15BrFN3O/c1-3-6-16-8(2)12-17-18-13(19-12)10-7-9(15)4-5-11(10)14/h4-5,7-8,16H,3,6H2,1-2H3. The number of hydrogen-bond acceptors (Lipinski definition) is 4. The summed E-state index contributed by atoms with van der Waals surface area (Å²) in [7, 11) is 0. The summed E-state index contributed by atoms with van der Waals surface area (Å²) in [6.07, 6.45) is 1.03. The minimum Gasteiger partial charge on any atom is -0.419 e. The molecular weight excluding hydrogens is 313 g/mol. The van der Waals surface area contributed by atoms with Gasteiger partial charge in [0, 0.05) is 4.47 Å². The topological polar surface area (TPSA) is 51.0 Å². The molecule has 0 saturated heterocycles. The van der Waals surface area contributed by atoms with E-state index in [2.05, 4.69) is 38.4 Å². The maximum atomic E-state index is 13.2. The molecule has 0 aliphatic carbocycles. The van der Waals surface area contributed by atoms with Gasteiger partial charge in [-0.25, -0.2) is 4.39 Å². The van der Waals surface area contributed by atoms with Crippen LogP contribution in [0.1, 0.15) is 32.2 Å². The van der Waals surface area contributed by atoms with Crippen LogP contribution in [0, 0.1) is 5.82 Å². The van der Waals surface area contributed by atoms with Crippen LogP contribution >= 0.6 is 15.9 Å². The second kappa shape index (κ2) is 6.25. The van der Waals surface area contributed by atoms with E-state index in [1.807, 2.05) is 6.92 Å². The molecule has 2 rings (SSSR count). The molecule has 2 aromatic rings. The molecule has 1 atom stereocenters. The molecule has 0 aliphatic heterocycles. The maximum Gasteiger partial charge on any atom is 0.249 e. The van der Waals surface area contributed by atoms with Gasteiger partial charge in [0.2, 0.25) is 11.8 Å². The van der Waals surface area contributed by atoms with Crippen molar-refractivity contribution in [3.05, 3.63) is 34.4 Å². The Labute approximate surface area is 119 Å². The van der Waals surface area contributed by atoms with E-state index in [0.29, 0.717) is 17.3 Å². The number of halogens is 2. The Morgan fingerprint density at radius 3 is 2.95 bits per heavy atom. The molecule has 1 unspecified atom stereocenters. The quantitative estimate of drug-likeness (QED) is 0.909. The molecule has 0 amide bonds. The van der Waals surface area contributed by atoms with Crippen molar-refractivity contribution in [2.45, 2.75) is 26.3 Å². The van der Waals surface area contributed by atoms with Crippen molar-refractivity contribution < 1.29 is 8.81 Å². The van der Waals surface area contributed by atoms with Gasteiger partial charge >= 0.3 is 0 Å². The number of hydrogen-bond donors (Lipinski definition) is 1. The largest absolute Gasteiger partial charge is 0.419 e. The lowest BCUT2D eigenvalue weighted by molar-refractivity contribution is 0.423. The van der Waals surface area contributed by atoms with Gasteiger partial charge in [-0.3, -0.25) is 0 Å². The van der Waals surface area contributed by atoms with Crippen molar-refractivity contribution in [3.63, 3.8) is 0 Å². The number of benzene rings is 1. The van der Waals surface area contributed by atoms with Crippen molar-refractivity contribution >= 4 is 15.9 Å². The van der Waals surface area contributed by atoms with Crippen molar-refractivity contribution in [1.82, 2.24) is 15.5 Å². The smallest absolute Gasteiger partial charge is 0.249 e. The van der Waals surface area contributed by atoms with Crippen LogP contribution in [0.2, 0.25) is 0 Å². The summed E-state index contributed by atoms with van der Waals surface area (Å²) < 4.78 is 19.5. The van der Waals surface area contributed by atoms with Gasteiger partial charge in [0.05, 0.1) is 11.6 Å². The monoisotopic (exact) mass is 327 g/mol. The van der Waals surface area contributed by atoms with Crippen molar-refractivity contribution in [2.75, 3.05) is 6.54 Å². The van der Waals surface area contributed by atoms with Gasteiger partial charge in [0.1, 0.15) is 5.82 Å². The zero-order chi connectivity index (χ0) is 13.8. The van der Waals surface area contributed by atoms with Crippen LogP contribution in [0.5, 0.6) is 0 Å². The second-order valence-electron chi connectivity index (χ2n) is 4.25. The van der Waals surface area contributed by atoms with Crippen molar-refractivity contribution in [3.8, 4) is 11.5 Å². The fourth-order valence-corrected chi connectivity index (χ4v) is 2.04. The normalized spacial score (nSPS) is 12.6. The summed E-state index contributed by atoms with van der Waals surface area (Å²) in [6, 6.07) is 4.34. The van der Waals surface area contributed by atoms with Gasteiger partial charge in [-0.05, 0) is 54.0 Å². The van der Waals surface area contributed by atoms with Crippen LogP contribution in [0.3, 0.4) is 0 Å². The first-order chi connectivity index (χ1) is 9.11. The Kier molecular flexibility index (Phi) is 4.66. The first kappa shape index (κ1) is 14.1. The second-order valence-corrected chi connectivity index (χ2v) is 5.10. The lowest BCUT2D eigenvalue weighted by Gasteiger charge is -2.07. The summed E-state index contributed by atoms with van der Waals surface area (Å²) in [4.78, 5) is 0. The fraction of sp³-hybridized carbons (Fsp3) is 0.385. The summed E-state index contributed by atoms with van der Waals surface area (Å²) in [5.74, 6) is 0.473. The SMILES string of the molecule is CCCNC(C)c1nnc(-c2cc(F)ccc2Br)o1. The number of aromatic nitrogens is 2. The Bertz CT molecular complexity index is 559. The molecular formula is C13H15BrFN3O. The molecule has 19 heavy (non-hydrogen) atoms. The molecule has 6 heteroatoms. The highest BCUT2D eigenvalue weighted by atomic mass is 79.9. The molecule has 1 heterocycles. The molecule has 0 fully saturated rings. The van der Waals surface area contributed by atoms with Gasteiger partial charge in [-0.15, -0.1) is 10.2 Å². The Morgan fingerprint density at radius 2 is 2.21 bits per heavy atom. The highest BCUT2D eigenvalue weighted by Crippen LogP contribution is 2.28. The lowest BCUT2D eigenvalue weighted by Crippen LogP contribution is -2.19. The number of rotatable bonds is 5. The maximum absolute atomic E-state index is 13.2. The molecule has 4 nitrogen and oxygen atoms in total. The molecule has 0 bridgehead atoms. The van der Waals surface area contributed by atoms with E-state index in [1.54, 1.807) is 6.07 Å². The summed E-state index contributed by atoms with van der Waals surface area (Å²) in [5.41, 5.74) is 0.557. The van der Waals surface area contributed by atoms with E-state index < -0.39 is 0 Å². The van der Waals surface area contributed by atoms with E-state index in [1.165, 1.54) is 12.1 Å². The zero-order valence-electron chi connectivity index (χ0n) is 10.8. The highest BCUT2D eigenvalue weighted by Gasteiger charge is 2.16. The van der Waals surface area contributed by atoms with E-state index in [4.69, 9.17) is 4.42 Å². The average molecular weight is 328 g/mol. The molecule has 0 aliphatic rings. The predicted molar refractivity (Wildman–Crippen MR) is 74.1 cm³/mol. The molecule has 102 valence electrons.